The third-order valence-electron chi connectivity index (χ3n) is 3.53. The summed E-state index contributed by atoms with van der Waals surface area (Å²) >= 11 is 0. The molecule has 1 aliphatic carbocycles. The Morgan fingerprint density at radius 1 is 1.35 bits per heavy atom. The van der Waals surface area contributed by atoms with E-state index in [1.165, 1.54) is 0 Å². The predicted octanol–water partition coefficient (Wildman–Crippen LogP) is 0.578. The first kappa shape index (κ1) is 14.5. The first-order valence-corrected chi connectivity index (χ1v) is 6.90. The van der Waals surface area contributed by atoms with E-state index in [2.05, 4.69) is 10.6 Å². The minimum Gasteiger partial charge on any atom is -0.381 e. The Hall–Kier alpha value is -1.88. The molecule has 20 heavy (non-hydrogen) atoms. The van der Waals surface area contributed by atoms with Crippen molar-refractivity contribution in [1.82, 2.24) is 10.6 Å². The van der Waals surface area contributed by atoms with Gasteiger partial charge in [0.05, 0.1) is 6.04 Å². The first-order chi connectivity index (χ1) is 9.70. The summed E-state index contributed by atoms with van der Waals surface area (Å²) in [5.41, 5.74) is 0.968. The lowest BCUT2D eigenvalue weighted by Crippen LogP contribution is -2.48. The highest BCUT2D eigenvalue weighted by atomic mass is 16.3. The van der Waals surface area contributed by atoms with E-state index in [4.69, 9.17) is 0 Å². The van der Waals surface area contributed by atoms with Crippen LogP contribution < -0.4 is 10.6 Å². The second kappa shape index (κ2) is 7.05. The summed E-state index contributed by atoms with van der Waals surface area (Å²) in [4.78, 5) is 22.5. The molecule has 2 amide bonds. The van der Waals surface area contributed by atoms with Gasteiger partial charge in [-0.2, -0.15) is 0 Å². The standard InChI is InChI=1S/C15H20N2O3/c18-10-17-13(8-11-6-7-11)14(19)15(20)16-9-12-4-2-1-3-5-12/h1-5,10-11,13-14,19H,6-9H2,(H,16,20)(H,17,18). The van der Waals surface area contributed by atoms with Gasteiger partial charge < -0.3 is 15.7 Å². The van der Waals surface area contributed by atoms with Crippen molar-refractivity contribution in [2.75, 3.05) is 0 Å². The van der Waals surface area contributed by atoms with E-state index < -0.39 is 18.1 Å². The van der Waals surface area contributed by atoms with Crippen molar-refractivity contribution in [3.8, 4) is 0 Å². The summed E-state index contributed by atoms with van der Waals surface area (Å²) in [5.74, 6) is 0.0675. The van der Waals surface area contributed by atoms with Crippen molar-refractivity contribution >= 4 is 12.3 Å². The molecule has 108 valence electrons. The van der Waals surface area contributed by atoms with Gasteiger partial charge in [0.2, 0.25) is 6.41 Å². The molecule has 0 aromatic heterocycles. The molecule has 2 unspecified atom stereocenters. The van der Waals surface area contributed by atoms with Crippen LogP contribution in [-0.4, -0.2) is 29.6 Å². The quantitative estimate of drug-likeness (QED) is 0.608. The number of hydrogen-bond donors (Lipinski definition) is 3. The lowest BCUT2D eigenvalue weighted by Gasteiger charge is -2.21. The number of hydrogen-bond acceptors (Lipinski definition) is 3. The maximum Gasteiger partial charge on any atom is 0.251 e. The van der Waals surface area contributed by atoms with Crippen molar-refractivity contribution < 1.29 is 14.7 Å². The molecule has 2 atom stereocenters. The summed E-state index contributed by atoms with van der Waals surface area (Å²) in [6, 6.07) is 8.98. The van der Waals surface area contributed by atoms with Gasteiger partial charge in [0.15, 0.2) is 6.10 Å². The summed E-state index contributed by atoms with van der Waals surface area (Å²) in [6.07, 6.45) is 2.20. The van der Waals surface area contributed by atoms with Crippen molar-refractivity contribution in [3.63, 3.8) is 0 Å². The minimum atomic E-state index is -1.20. The van der Waals surface area contributed by atoms with Gasteiger partial charge in [-0.05, 0) is 17.9 Å². The molecular weight excluding hydrogens is 256 g/mol. The fraction of sp³-hybridized carbons (Fsp3) is 0.467. The van der Waals surface area contributed by atoms with E-state index in [0.29, 0.717) is 25.3 Å². The second-order valence-electron chi connectivity index (χ2n) is 5.22. The summed E-state index contributed by atoms with van der Waals surface area (Å²) in [6.45, 7) is 0.369. The molecule has 3 N–H and O–H groups in total. The Bertz CT molecular complexity index is 446. The first-order valence-electron chi connectivity index (χ1n) is 6.90. The average Bonchev–Trinajstić information content (AvgIpc) is 3.28. The number of benzene rings is 1. The van der Waals surface area contributed by atoms with Crippen LogP contribution in [0, 0.1) is 5.92 Å². The van der Waals surface area contributed by atoms with Gasteiger partial charge in [-0.1, -0.05) is 43.2 Å². The normalized spacial score (nSPS) is 17.1. The van der Waals surface area contributed by atoms with Crippen LogP contribution >= 0.6 is 0 Å². The van der Waals surface area contributed by atoms with Gasteiger partial charge in [0.1, 0.15) is 0 Å². The van der Waals surface area contributed by atoms with Gasteiger partial charge in [0.25, 0.3) is 5.91 Å². The number of carbonyl (C=O) groups excluding carboxylic acids is 2. The van der Waals surface area contributed by atoms with Crippen LogP contribution in [0.15, 0.2) is 30.3 Å². The molecule has 0 radical (unpaired) electrons. The molecule has 0 heterocycles. The number of nitrogens with one attached hydrogen (secondary N) is 2. The lowest BCUT2D eigenvalue weighted by molar-refractivity contribution is -0.131. The number of aliphatic hydroxyl groups is 1. The molecule has 1 aromatic carbocycles. The Kier molecular flexibility index (Phi) is 5.12. The number of carbonyl (C=O) groups is 2. The fourth-order valence-corrected chi connectivity index (χ4v) is 2.16. The van der Waals surface area contributed by atoms with Crippen LogP contribution in [0.2, 0.25) is 0 Å². The van der Waals surface area contributed by atoms with Crippen LogP contribution in [0.1, 0.15) is 24.8 Å². The molecule has 0 aliphatic heterocycles. The topological polar surface area (TPSA) is 78.4 Å². The monoisotopic (exact) mass is 276 g/mol. The van der Waals surface area contributed by atoms with E-state index in [0.717, 1.165) is 18.4 Å². The van der Waals surface area contributed by atoms with Gasteiger partial charge in [-0.25, -0.2) is 0 Å². The van der Waals surface area contributed by atoms with Gasteiger partial charge in [0, 0.05) is 6.54 Å². The molecule has 1 aliphatic rings. The van der Waals surface area contributed by atoms with Gasteiger partial charge >= 0.3 is 0 Å². The maximum absolute atomic E-state index is 11.9. The Labute approximate surface area is 118 Å². The third-order valence-corrected chi connectivity index (χ3v) is 3.53. The molecule has 1 saturated carbocycles. The average molecular weight is 276 g/mol. The van der Waals surface area contributed by atoms with Crippen LogP contribution in [0.25, 0.3) is 0 Å². The van der Waals surface area contributed by atoms with Crippen molar-refractivity contribution in [2.24, 2.45) is 5.92 Å². The molecule has 5 nitrogen and oxygen atoms in total. The van der Waals surface area contributed by atoms with Crippen molar-refractivity contribution in [2.45, 2.75) is 38.0 Å². The van der Waals surface area contributed by atoms with E-state index in [9.17, 15) is 14.7 Å². The molecule has 2 rings (SSSR count). The third kappa shape index (κ3) is 4.35. The summed E-state index contributed by atoms with van der Waals surface area (Å²) in [5, 5.41) is 15.3. The van der Waals surface area contributed by atoms with Crippen LogP contribution in [0.4, 0.5) is 0 Å². The molecule has 0 saturated heterocycles. The molecule has 0 spiro atoms. The van der Waals surface area contributed by atoms with Crippen LogP contribution in [-0.2, 0) is 16.1 Å². The van der Waals surface area contributed by atoms with E-state index in [1.807, 2.05) is 30.3 Å². The smallest absolute Gasteiger partial charge is 0.251 e. The number of aliphatic hydroxyl groups excluding tert-OH is 1. The zero-order valence-electron chi connectivity index (χ0n) is 11.3. The zero-order valence-corrected chi connectivity index (χ0v) is 11.3. The molecular formula is C15H20N2O3. The number of amides is 2. The highest BCUT2D eigenvalue weighted by Crippen LogP contribution is 2.34. The largest absolute Gasteiger partial charge is 0.381 e. The Morgan fingerprint density at radius 3 is 2.65 bits per heavy atom. The van der Waals surface area contributed by atoms with Crippen molar-refractivity contribution in [1.29, 1.82) is 0 Å². The van der Waals surface area contributed by atoms with E-state index in [-0.39, 0.29) is 0 Å². The van der Waals surface area contributed by atoms with Crippen LogP contribution in [0.5, 0.6) is 0 Å². The number of rotatable bonds is 8. The van der Waals surface area contributed by atoms with E-state index >= 15 is 0 Å². The highest BCUT2D eigenvalue weighted by Gasteiger charge is 2.32. The highest BCUT2D eigenvalue weighted by molar-refractivity contribution is 5.81. The molecule has 1 aromatic rings. The lowest BCUT2D eigenvalue weighted by atomic mass is 10.0. The van der Waals surface area contributed by atoms with Gasteiger partial charge in [-0.15, -0.1) is 0 Å². The predicted molar refractivity (Wildman–Crippen MR) is 74.6 cm³/mol. The summed E-state index contributed by atoms with van der Waals surface area (Å²) < 4.78 is 0. The van der Waals surface area contributed by atoms with E-state index in [1.54, 1.807) is 0 Å². The molecule has 1 fully saturated rings. The maximum atomic E-state index is 11.9. The Balaban J connectivity index is 1.83. The Morgan fingerprint density at radius 2 is 2.05 bits per heavy atom. The minimum absolute atomic E-state index is 0.369. The molecule has 0 bridgehead atoms. The summed E-state index contributed by atoms with van der Waals surface area (Å²) in [7, 11) is 0. The SMILES string of the molecule is O=CNC(CC1CC1)C(O)C(=O)NCc1ccccc1. The second-order valence-corrected chi connectivity index (χ2v) is 5.22. The fourth-order valence-electron chi connectivity index (χ4n) is 2.16. The molecule has 5 heteroatoms. The van der Waals surface area contributed by atoms with Crippen LogP contribution in [0.3, 0.4) is 0 Å². The zero-order chi connectivity index (χ0) is 14.4. The van der Waals surface area contributed by atoms with Gasteiger partial charge in [-0.3, -0.25) is 9.59 Å². The van der Waals surface area contributed by atoms with Crippen molar-refractivity contribution in [3.05, 3.63) is 35.9 Å².